The van der Waals surface area contributed by atoms with E-state index in [2.05, 4.69) is 14.8 Å². The van der Waals surface area contributed by atoms with Gasteiger partial charge in [-0.3, -0.25) is 4.79 Å². The molecule has 4 rings (SSSR count). The van der Waals surface area contributed by atoms with E-state index in [1.807, 2.05) is 42.2 Å². The Balaban J connectivity index is 1.38. The average molecular weight is 428 g/mol. The molecular weight excluding hydrogens is 402 g/mol. The highest BCUT2D eigenvalue weighted by Gasteiger charge is 2.22. The van der Waals surface area contributed by atoms with Crippen molar-refractivity contribution in [3.8, 4) is 0 Å². The number of morpholine rings is 1. The van der Waals surface area contributed by atoms with Gasteiger partial charge >= 0.3 is 0 Å². The molecule has 8 heteroatoms. The Morgan fingerprint density at radius 2 is 1.77 bits per heavy atom. The van der Waals surface area contributed by atoms with E-state index in [0.29, 0.717) is 31.3 Å². The van der Waals surface area contributed by atoms with E-state index >= 15 is 0 Å². The van der Waals surface area contributed by atoms with E-state index in [9.17, 15) is 4.79 Å². The minimum absolute atomic E-state index is 0.00226. The van der Waals surface area contributed by atoms with Crippen LogP contribution in [0.25, 0.3) is 6.08 Å². The van der Waals surface area contributed by atoms with Crippen molar-refractivity contribution in [3.05, 3.63) is 52.7 Å². The Labute approximate surface area is 181 Å². The maximum Gasteiger partial charge on any atom is 0.246 e. The summed E-state index contributed by atoms with van der Waals surface area (Å²) in [7, 11) is 0. The molecule has 7 nitrogen and oxygen atoms in total. The number of piperazine rings is 1. The lowest BCUT2D eigenvalue weighted by atomic mass is 10.2. The Kier molecular flexibility index (Phi) is 6.50. The van der Waals surface area contributed by atoms with Crippen LogP contribution >= 0.6 is 11.6 Å². The summed E-state index contributed by atoms with van der Waals surface area (Å²) < 4.78 is 5.43. The van der Waals surface area contributed by atoms with Crippen molar-refractivity contribution in [1.82, 2.24) is 14.9 Å². The summed E-state index contributed by atoms with van der Waals surface area (Å²) in [6.45, 7) is 7.81. The standard InChI is InChI=1S/C22H26ClN5O2/c1-17-16-20(25-22(24-17)28-12-14-30-15-13-28)26-8-10-27(11-9-26)21(29)7-6-18-4-2-3-5-19(18)23/h2-7,16H,8-15H2,1H3/b7-6+. The average Bonchev–Trinajstić information content (AvgIpc) is 2.78. The number of amides is 1. The first-order chi connectivity index (χ1) is 14.6. The van der Waals surface area contributed by atoms with Crippen LogP contribution in [0.1, 0.15) is 11.3 Å². The molecule has 0 unspecified atom stereocenters. The smallest absolute Gasteiger partial charge is 0.246 e. The van der Waals surface area contributed by atoms with Crippen molar-refractivity contribution in [2.75, 3.05) is 62.3 Å². The third-order valence-corrected chi connectivity index (χ3v) is 5.69. The molecule has 3 heterocycles. The van der Waals surface area contributed by atoms with Crippen LogP contribution in [0.2, 0.25) is 5.02 Å². The van der Waals surface area contributed by atoms with E-state index in [0.717, 1.165) is 49.2 Å². The Bertz CT molecular complexity index is 921. The molecule has 0 bridgehead atoms. The summed E-state index contributed by atoms with van der Waals surface area (Å²) in [5.74, 6) is 1.68. The van der Waals surface area contributed by atoms with Gasteiger partial charge in [0.05, 0.1) is 13.2 Å². The maximum absolute atomic E-state index is 12.6. The van der Waals surface area contributed by atoms with Gasteiger partial charge < -0.3 is 19.4 Å². The monoisotopic (exact) mass is 427 g/mol. The zero-order valence-corrected chi connectivity index (χ0v) is 17.9. The van der Waals surface area contributed by atoms with Gasteiger partial charge in [-0.15, -0.1) is 0 Å². The molecule has 2 aliphatic rings. The first kappa shape index (κ1) is 20.6. The van der Waals surface area contributed by atoms with Gasteiger partial charge in [0.25, 0.3) is 0 Å². The number of rotatable bonds is 4. The molecule has 158 valence electrons. The van der Waals surface area contributed by atoms with Crippen molar-refractivity contribution in [3.63, 3.8) is 0 Å². The summed E-state index contributed by atoms with van der Waals surface area (Å²) >= 11 is 6.16. The lowest BCUT2D eigenvalue weighted by Gasteiger charge is -2.35. The van der Waals surface area contributed by atoms with Crippen molar-refractivity contribution in [1.29, 1.82) is 0 Å². The van der Waals surface area contributed by atoms with E-state index in [1.54, 1.807) is 12.2 Å². The quantitative estimate of drug-likeness (QED) is 0.699. The topological polar surface area (TPSA) is 61.8 Å². The van der Waals surface area contributed by atoms with Gasteiger partial charge in [0.2, 0.25) is 11.9 Å². The summed E-state index contributed by atoms with van der Waals surface area (Å²) in [5.41, 5.74) is 1.79. The first-order valence-electron chi connectivity index (χ1n) is 10.2. The number of aromatic nitrogens is 2. The van der Waals surface area contributed by atoms with Gasteiger partial charge in [-0.2, -0.15) is 4.98 Å². The van der Waals surface area contributed by atoms with Crippen molar-refractivity contribution >= 4 is 35.4 Å². The van der Waals surface area contributed by atoms with Gasteiger partial charge in [-0.1, -0.05) is 29.8 Å². The molecular formula is C22H26ClN5O2. The highest BCUT2D eigenvalue weighted by atomic mass is 35.5. The molecule has 2 aromatic rings. The minimum atomic E-state index is 0.00226. The van der Waals surface area contributed by atoms with E-state index in [-0.39, 0.29) is 5.91 Å². The third-order valence-electron chi connectivity index (χ3n) is 5.35. The fourth-order valence-corrected chi connectivity index (χ4v) is 3.83. The molecule has 2 aliphatic heterocycles. The summed E-state index contributed by atoms with van der Waals surface area (Å²) in [6, 6.07) is 9.51. The van der Waals surface area contributed by atoms with Gasteiger partial charge in [0.15, 0.2) is 0 Å². The first-order valence-corrected chi connectivity index (χ1v) is 10.6. The highest BCUT2D eigenvalue weighted by molar-refractivity contribution is 6.32. The number of nitrogens with zero attached hydrogens (tertiary/aromatic N) is 5. The van der Waals surface area contributed by atoms with Crippen LogP contribution in [-0.4, -0.2) is 73.3 Å². The van der Waals surface area contributed by atoms with E-state index in [4.69, 9.17) is 21.3 Å². The molecule has 2 saturated heterocycles. The molecule has 0 spiro atoms. The van der Waals surface area contributed by atoms with E-state index < -0.39 is 0 Å². The number of carbonyl (C=O) groups is 1. The van der Waals surface area contributed by atoms with Crippen molar-refractivity contribution in [2.45, 2.75) is 6.92 Å². The molecule has 0 aliphatic carbocycles. The Morgan fingerprint density at radius 1 is 1.03 bits per heavy atom. The molecule has 1 aromatic carbocycles. The van der Waals surface area contributed by atoms with Crippen LogP contribution in [0.4, 0.5) is 11.8 Å². The normalized spacial score (nSPS) is 17.6. The van der Waals surface area contributed by atoms with E-state index in [1.165, 1.54) is 0 Å². The molecule has 0 atom stereocenters. The SMILES string of the molecule is Cc1cc(N2CCN(C(=O)/C=C/c3ccccc3Cl)CC2)nc(N2CCOCC2)n1. The van der Waals surface area contributed by atoms with Crippen LogP contribution in [0, 0.1) is 6.92 Å². The predicted molar refractivity (Wildman–Crippen MR) is 119 cm³/mol. The number of anilines is 2. The van der Waals surface area contributed by atoms with Gasteiger partial charge in [-0.05, 0) is 24.6 Å². The number of hydrogen-bond donors (Lipinski definition) is 0. The predicted octanol–water partition coefficient (Wildman–Crippen LogP) is 2.64. The number of benzene rings is 1. The third kappa shape index (κ3) is 4.91. The van der Waals surface area contributed by atoms with Crippen LogP contribution < -0.4 is 9.80 Å². The molecule has 30 heavy (non-hydrogen) atoms. The van der Waals surface area contributed by atoms with Crippen LogP contribution in [-0.2, 0) is 9.53 Å². The van der Waals surface area contributed by atoms with Crippen LogP contribution in [0.15, 0.2) is 36.4 Å². The largest absolute Gasteiger partial charge is 0.378 e. The van der Waals surface area contributed by atoms with Crippen LogP contribution in [0.5, 0.6) is 0 Å². The van der Waals surface area contributed by atoms with Gasteiger partial charge in [-0.25, -0.2) is 4.98 Å². The van der Waals surface area contributed by atoms with Gasteiger partial charge in [0.1, 0.15) is 5.82 Å². The number of halogens is 1. The van der Waals surface area contributed by atoms with Crippen molar-refractivity contribution in [2.24, 2.45) is 0 Å². The number of carbonyl (C=O) groups excluding carboxylic acids is 1. The molecule has 2 fully saturated rings. The molecule has 1 amide bonds. The number of hydrogen-bond acceptors (Lipinski definition) is 6. The fraction of sp³-hybridized carbons (Fsp3) is 0.409. The maximum atomic E-state index is 12.6. The molecule has 1 aromatic heterocycles. The molecule has 0 radical (unpaired) electrons. The molecule has 0 saturated carbocycles. The highest BCUT2D eigenvalue weighted by Crippen LogP contribution is 2.20. The molecule has 0 N–H and O–H groups in total. The number of aryl methyl sites for hydroxylation is 1. The fourth-order valence-electron chi connectivity index (χ4n) is 3.64. The lowest BCUT2D eigenvalue weighted by molar-refractivity contribution is -0.126. The Morgan fingerprint density at radius 3 is 2.50 bits per heavy atom. The zero-order valence-electron chi connectivity index (χ0n) is 17.1. The number of ether oxygens (including phenoxy) is 1. The lowest BCUT2D eigenvalue weighted by Crippen LogP contribution is -2.48. The Hall–Kier alpha value is -2.64. The van der Waals surface area contributed by atoms with Crippen molar-refractivity contribution < 1.29 is 9.53 Å². The van der Waals surface area contributed by atoms with Crippen LogP contribution in [0.3, 0.4) is 0 Å². The second-order valence-corrected chi connectivity index (χ2v) is 7.84. The second-order valence-electron chi connectivity index (χ2n) is 7.43. The van der Waals surface area contributed by atoms with Gasteiger partial charge in [0, 0.05) is 62.1 Å². The summed E-state index contributed by atoms with van der Waals surface area (Å²) in [6.07, 6.45) is 3.38. The second kappa shape index (κ2) is 9.45. The minimum Gasteiger partial charge on any atom is -0.378 e. The summed E-state index contributed by atoms with van der Waals surface area (Å²) in [4.78, 5) is 28.2. The zero-order chi connectivity index (χ0) is 20.9. The summed E-state index contributed by atoms with van der Waals surface area (Å²) in [5, 5.41) is 0.640.